The van der Waals surface area contributed by atoms with E-state index in [1.54, 1.807) is 20.8 Å². The summed E-state index contributed by atoms with van der Waals surface area (Å²) in [6, 6.07) is 5.27. The molecule has 0 bridgehead atoms. The first-order chi connectivity index (χ1) is 16.8. The fourth-order valence-corrected chi connectivity index (χ4v) is 3.27. The molecular formula is C25H27NO10. The van der Waals surface area contributed by atoms with Crippen molar-refractivity contribution in [3.8, 4) is 40.1 Å². The summed E-state index contributed by atoms with van der Waals surface area (Å²) in [6.07, 6.45) is -0.958. The molecule has 3 rings (SSSR count). The second kappa shape index (κ2) is 10.1. The standard InChI is InChI=1S/C25H27NO10/c1-12(23(30)36-25(2,3)4)26-24(31)35-22-19(32-5)7-13(8-20(22)33-6)17-11-16(29)21-15(28)9-14(27)10-18(21)34-17/h7-12,27-28H,1-6H3,(H,26,31)/t12-/m0/s1. The van der Waals surface area contributed by atoms with Crippen LogP contribution >= 0.6 is 0 Å². The van der Waals surface area contributed by atoms with Crippen LogP contribution in [0.4, 0.5) is 4.79 Å². The molecule has 0 aliphatic rings. The SMILES string of the molecule is COc1cc(-c2cc(=O)c3c(O)cc(O)cc3o2)cc(OC)c1OC(=O)N[C@@H](C)C(=O)OC(C)(C)C. The number of benzene rings is 2. The van der Waals surface area contributed by atoms with Crippen molar-refractivity contribution in [2.24, 2.45) is 0 Å². The number of phenolic OH excluding ortho intramolecular Hbond substituents is 2. The molecule has 1 atom stereocenters. The van der Waals surface area contributed by atoms with E-state index in [0.717, 1.165) is 12.1 Å². The van der Waals surface area contributed by atoms with Gasteiger partial charge in [-0.3, -0.25) is 4.79 Å². The van der Waals surface area contributed by atoms with Crippen LogP contribution in [-0.4, -0.2) is 48.1 Å². The van der Waals surface area contributed by atoms with Crippen molar-refractivity contribution in [1.29, 1.82) is 0 Å². The third-order valence-electron chi connectivity index (χ3n) is 4.83. The van der Waals surface area contributed by atoms with Gasteiger partial charge in [0.2, 0.25) is 5.75 Å². The highest BCUT2D eigenvalue weighted by molar-refractivity contribution is 5.86. The molecule has 36 heavy (non-hydrogen) atoms. The summed E-state index contributed by atoms with van der Waals surface area (Å²) < 4.78 is 27.0. The molecule has 0 saturated carbocycles. The molecule has 3 aromatic rings. The number of hydrogen-bond donors (Lipinski definition) is 3. The molecule has 0 radical (unpaired) electrons. The van der Waals surface area contributed by atoms with Crippen LogP contribution in [0, 0.1) is 0 Å². The lowest BCUT2D eigenvalue weighted by molar-refractivity contribution is -0.156. The predicted molar refractivity (Wildman–Crippen MR) is 129 cm³/mol. The molecule has 1 amide bonds. The molecule has 1 heterocycles. The molecule has 0 unspecified atom stereocenters. The zero-order valence-corrected chi connectivity index (χ0v) is 20.6. The van der Waals surface area contributed by atoms with Gasteiger partial charge >= 0.3 is 12.1 Å². The first-order valence-electron chi connectivity index (χ1n) is 10.8. The minimum absolute atomic E-state index is 0.0382. The van der Waals surface area contributed by atoms with E-state index in [2.05, 4.69) is 5.32 Å². The predicted octanol–water partition coefficient (Wildman–Crippen LogP) is 3.71. The summed E-state index contributed by atoms with van der Waals surface area (Å²) in [5, 5.41) is 22.0. The van der Waals surface area contributed by atoms with E-state index in [4.69, 9.17) is 23.4 Å². The van der Waals surface area contributed by atoms with E-state index in [-0.39, 0.29) is 39.7 Å². The maximum atomic E-state index is 12.6. The molecule has 3 N–H and O–H groups in total. The lowest BCUT2D eigenvalue weighted by Gasteiger charge is -2.22. The van der Waals surface area contributed by atoms with Gasteiger partial charge in [-0.2, -0.15) is 0 Å². The Labute approximate surface area is 206 Å². The zero-order chi connectivity index (χ0) is 26.8. The van der Waals surface area contributed by atoms with E-state index in [1.807, 2.05) is 0 Å². The lowest BCUT2D eigenvalue weighted by Crippen LogP contribution is -2.43. The van der Waals surface area contributed by atoms with Crippen molar-refractivity contribution in [2.75, 3.05) is 14.2 Å². The van der Waals surface area contributed by atoms with Crippen LogP contribution < -0.4 is 25.0 Å². The Balaban J connectivity index is 1.94. The number of rotatable bonds is 6. The van der Waals surface area contributed by atoms with Crippen LogP contribution in [0.2, 0.25) is 0 Å². The van der Waals surface area contributed by atoms with Crippen LogP contribution in [0.1, 0.15) is 27.7 Å². The molecule has 11 heteroatoms. The average Bonchev–Trinajstić information content (AvgIpc) is 2.76. The average molecular weight is 501 g/mol. The molecule has 192 valence electrons. The Hall–Kier alpha value is -4.41. The second-order valence-electron chi connectivity index (χ2n) is 8.81. The van der Waals surface area contributed by atoms with E-state index >= 15 is 0 Å². The summed E-state index contributed by atoms with van der Waals surface area (Å²) in [5.74, 6) is -1.24. The molecule has 0 aliphatic heterocycles. The van der Waals surface area contributed by atoms with Gasteiger partial charge in [0, 0.05) is 23.8 Å². The third kappa shape index (κ3) is 5.80. The van der Waals surface area contributed by atoms with Gasteiger partial charge in [0.05, 0.1) is 14.2 Å². The van der Waals surface area contributed by atoms with Crippen LogP contribution in [0.25, 0.3) is 22.3 Å². The maximum absolute atomic E-state index is 12.6. The number of carbonyl (C=O) groups is 2. The minimum atomic E-state index is -0.993. The number of amides is 1. The molecule has 1 aromatic heterocycles. The molecule has 0 spiro atoms. The summed E-state index contributed by atoms with van der Waals surface area (Å²) in [7, 11) is 2.67. The van der Waals surface area contributed by atoms with Crippen LogP contribution in [0.3, 0.4) is 0 Å². The van der Waals surface area contributed by atoms with Crippen LogP contribution in [0.5, 0.6) is 28.7 Å². The summed E-state index contributed by atoms with van der Waals surface area (Å²) in [5.41, 5.74) is -0.990. The van der Waals surface area contributed by atoms with Gasteiger partial charge in [-0.25, -0.2) is 9.59 Å². The molecular weight excluding hydrogens is 474 g/mol. The normalized spacial score (nSPS) is 12.1. The van der Waals surface area contributed by atoms with E-state index in [0.29, 0.717) is 5.56 Å². The minimum Gasteiger partial charge on any atom is -0.508 e. The van der Waals surface area contributed by atoms with Gasteiger partial charge < -0.3 is 38.9 Å². The van der Waals surface area contributed by atoms with E-state index in [9.17, 15) is 24.6 Å². The third-order valence-corrected chi connectivity index (χ3v) is 4.83. The number of hydrogen-bond acceptors (Lipinski definition) is 10. The fraction of sp³-hybridized carbons (Fsp3) is 0.320. The summed E-state index contributed by atoms with van der Waals surface area (Å²) in [4.78, 5) is 37.2. The van der Waals surface area contributed by atoms with Gasteiger partial charge in [0.15, 0.2) is 16.9 Å². The summed E-state index contributed by atoms with van der Waals surface area (Å²) in [6.45, 7) is 6.56. The number of phenols is 2. The summed E-state index contributed by atoms with van der Waals surface area (Å²) >= 11 is 0. The first-order valence-corrected chi connectivity index (χ1v) is 10.8. The lowest BCUT2D eigenvalue weighted by atomic mass is 10.1. The molecule has 0 saturated heterocycles. The molecule has 2 aromatic carbocycles. The first kappa shape index (κ1) is 26.2. The maximum Gasteiger partial charge on any atom is 0.413 e. The van der Waals surface area contributed by atoms with Crippen molar-refractivity contribution in [2.45, 2.75) is 39.3 Å². The number of fused-ring (bicyclic) bond motifs is 1. The number of esters is 1. The zero-order valence-electron chi connectivity index (χ0n) is 20.6. The van der Waals surface area contributed by atoms with Crippen molar-refractivity contribution in [1.82, 2.24) is 5.32 Å². The fourth-order valence-electron chi connectivity index (χ4n) is 3.27. The topological polar surface area (TPSA) is 154 Å². The van der Waals surface area contributed by atoms with Crippen molar-refractivity contribution >= 4 is 23.0 Å². The van der Waals surface area contributed by atoms with Gasteiger partial charge in [0.25, 0.3) is 0 Å². The highest BCUT2D eigenvalue weighted by atomic mass is 16.6. The highest BCUT2D eigenvalue weighted by Gasteiger charge is 2.25. The largest absolute Gasteiger partial charge is 0.508 e. The van der Waals surface area contributed by atoms with Crippen LogP contribution in [-0.2, 0) is 9.53 Å². The Morgan fingerprint density at radius 3 is 2.17 bits per heavy atom. The Kier molecular flexibility index (Phi) is 7.32. The quantitative estimate of drug-likeness (QED) is 0.426. The van der Waals surface area contributed by atoms with Gasteiger partial charge in [0.1, 0.15) is 39.9 Å². The van der Waals surface area contributed by atoms with E-state index < -0.39 is 34.9 Å². The van der Waals surface area contributed by atoms with Gasteiger partial charge in [-0.1, -0.05) is 0 Å². The number of aromatic hydroxyl groups is 2. The number of methoxy groups -OCH3 is 2. The van der Waals surface area contributed by atoms with Gasteiger partial charge in [-0.05, 0) is 39.8 Å². The molecule has 11 nitrogen and oxygen atoms in total. The number of ether oxygens (including phenoxy) is 4. The second-order valence-corrected chi connectivity index (χ2v) is 8.81. The van der Waals surface area contributed by atoms with Crippen molar-refractivity contribution in [3.63, 3.8) is 0 Å². The smallest absolute Gasteiger partial charge is 0.413 e. The highest BCUT2D eigenvalue weighted by Crippen LogP contribution is 2.42. The van der Waals surface area contributed by atoms with Gasteiger partial charge in [-0.15, -0.1) is 0 Å². The van der Waals surface area contributed by atoms with E-state index in [1.165, 1.54) is 39.3 Å². The monoisotopic (exact) mass is 501 g/mol. The molecule has 0 fully saturated rings. The Morgan fingerprint density at radius 2 is 1.61 bits per heavy atom. The Morgan fingerprint density at radius 1 is 1.00 bits per heavy atom. The van der Waals surface area contributed by atoms with Crippen LogP contribution in [0.15, 0.2) is 39.5 Å². The van der Waals surface area contributed by atoms with Crippen molar-refractivity contribution in [3.05, 3.63) is 40.6 Å². The number of nitrogens with one attached hydrogen (secondary N) is 1. The Bertz CT molecular complexity index is 1340. The molecule has 0 aliphatic carbocycles. The number of carbonyl (C=O) groups excluding carboxylic acids is 2. The van der Waals surface area contributed by atoms with Crippen molar-refractivity contribution < 1.29 is 43.2 Å².